The van der Waals surface area contributed by atoms with Gasteiger partial charge in [0.05, 0.1) is 19.3 Å². The number of hydrogen-bond acceptors (Lipinski definition) is 6. The fraction of sp³-hybridized carbons (Fsp3) is 0.381. The number of carbonyl (C=O) groups excluding carboxylic acids is 2. The maximum Gasteiger partial charge on any atom is 0.262 e. The molecule has 2 aliphatic rings. The quantitative estimate of drug-likeness (QED) is 0.833. The molecule has 2 amide bonds. The topological polar surface area (TPSA) is 90.0 Å². The lowest BCUT2D eigenvalue weighted by atomic mass is 9.97. The predicted octanol–water partition coefficient (Wildman–Crippen LogP) is 2.35. The molecule has 0 saturated carbocycles. The zero-order chi connectivity index (χ0) is 20.2. The van der Waals surface area contributed by atoms with Crippen molar-refractivity contribution in [1.82, 2.24) is 9.88 Å². The molecule has 0 radical (unpaired) electrons. The minimum Gasteiger partial charge on any atom is -0.493 e. The number of nitrogens with one attached hydrogen (secondary N) is 1. The zero-order valence-electron chi connectivity index (χ0n) is 16.2. The molecule has 2 aliphatic heterocycles. The standard InChI is InChI=1S/C21H23N3O5/c1-27-17-4-2-3-5-18(17)28-12-14-6-8-24(9-7-14)21(26)15-10-16-20(22-11-15)29-13-19(25)23-16/h2-5,10-11,14H,6-9,12-13H2,1H3,(H,23,25). The van der Waals surface area contributed by atoms with Gasteiger partial charge in [-0.1, -0.05) is 12.1 Å². The third kappa shape index (κ3) is 4.26. The molecule has 1 N–H and O–H groups in total. The van der Waals surface area contributed by atoms with Crippen molar-refractivity contribution < 1.29 is 23.8 Å². The summed E-state index contributed by atoms with van der Waals surface area (Å²) in [4.78, 5) is 30.3. The number of anilines is 1. The number of rotatable bonds is 5. The third-order valence-electron chi connectivity index (χ3n) is 5.16. The number of pyridine rings is 1. The van der Waals surface area contributed by atoms with Gasteiger partial charge >= 0.3 is 0 Å². The molecule has 1 aromatic carbocycles. The molecule has 0 spiro atoms. The number of para-hydroxylation sites is 2. The van der Waals surface area contributed by atoms with Gasteiger partial charge in [-0.15, -0.1) is 0 Å². The first-order valence-electron chi connectivity index (χ1n) is 9.62. The number of carbonyl (C=O) groups is 2. The first kappa shape index (κ1) is 19.0. The Morgan fingerprint density at radius 2 is 2.03 bits per heavy atom. The van der Waals surface area contributed by atoms with Crippen LogP contribution in [0.25, 0.3) is 0 Å². The molecule has 1 saturated heterocycles. The van der Waals surface area contributed by atoms with Crippen molar-refractivity contribution in [3.8, 4) is 17.4 Å². The van der Waals surface area contributed by atoms with Crippen LogP contribution in [-0.4, -0.2) is 55.1 Å². The maximum absolute atomic E-state index is 12.8. The number of ether oxygens (including phenoxy) is 3. The Bertz CT molecular complexity index is 909. The SMILES string of the molecule is COc1ccccc1OCC1CCN(C(=O)c2cnc3c(c2)NC(=O)CO3)CC1. The third-order valence-corrected chi connectivity index (χ3v) is 5.16. The first-order valence-corrected chi connectivity index (χ1v) is 9.62. The molecule has 4 rings (SSSR count). The minimum absolute atomic E-state index is 0.0578. The summed E-state index contributed by atoms with van der Waals surface area (Å²) in [5, 5.41) is 2.68. The molecule has 0 aliphatic carbocycles. The summed E-state index contributed by atoms with van der Waals surface area (Å²) >= 11 is 0. The van der Waals surface area contributed by atoms with Crippen LogP contribution in [-0.2, 0) is 4.79 Å². The van der Waals surface area contributed by atoms with Crippen LogP contribution in [0.5, 0.6) is 17.4 Å². The number of hydrogen-bond donors (Lipinski definition) is 1. The van der Waals surface area contributed by atoms with Gasteiger partial charge in [-0.3, -0.25) is 9.59 Å². The van der Waals surface area contributed by atoms with Crippen LogP contribution in [0.1, 0.15) is 23.2 Å². The van der Waals surface area contributed by atoms with E-state index < -0.39 is 0 Å². The van der Waals surface area contributed by atoms with E-state index in [0.717, 1.165) is 24.3 Å². The van der Waals surface area contributed by atoms with E-state index in [4.69, 9.17) is 14.2 Å². The Balaban J connectivity index is 1.32. The highest BCUT2D eigenvalue weighted by atomic mass is 16.5. The highest BCUT2D eigenvalue weighted by Gasteiger charge is 2.26. The lowest BCUT2D eigenvalue weighted by Crippen LogP contribution is -2.39. The largest absolute Gasteiger partial charge is 0.493 e. The second kappa shape index (κ2) is 8.38. The fourth-order valence-corrected chi connectivity index (χ4v) is 3.52. The monoisotopic (exact) mass is 397 g/mol. The van der Waals surface area contributed by atoms with Crippen LogP contribution < -0.4 is 19.5 Å². The van der Waals surface area contributed by atoms with E-state index in [2.05, 4.69) is 10.3 Å². The van der Waals surface area contributed by atoms with Gasteiger partial charge in [0, 0.05) is 19.3 Å². The summed E-state index contributed by atoms with van der Waals surface area (Å²) in [5.74, 6) is 1.82. The number of amides is 2. The molecule has 29 heavy (non-hydrogen) atoms. The van der Waals surface area contributed by atoms with Crippen molar-refractivity contribution in [3.63, 3.8) is 0 Å². The Morgan fingerprint density at radius 3 is 2.79 bits per heavy atom. The van der Waals surface area contributed by atoms with Gasteiger partial charge in [0.1, 0.15) is 5.69 Å². The van der Waals surface area contributed by atoms with Gasteiger partial charge in [0.25, 0.3) is 11.8 Å². The van der Waals surface area contributed by atoms with E-state index in [0.29, 0.717) is 42.7 Å². The smallest absolute Gasteiger partial charge is 0.262 e. The van der Waals surface area contributed by atoms with Crippen molar-refractivity contribution in [2.45, 2.75) is 12.8 Å². The summed E-state index contributed by atoms with van der Waals surface area (Å²) in [6, 6.07) is 9.21. The molecule has 8 heteroatoms. The molecule has 0 bridgehead atoms. The number of benzene rings is 1. The van der Waals surface area contributed by atoms with Crippen molar-refractivity contribution >= 4 is 17.5 Å². The molecule has 1 fully saturated rings. The van der Waals surface area contributed by atoms with Gasteiger partial charge in [-0.05, 0) is 37.0 Å². The Labute approximate surface area is 168 Å². The van der Waals surface area contributed by atoms with Crippen LogP contribution >= 0.6 is 0 Å². The minimum atomic E-state index is -0.250. The van der Waals surface area contributed by atoms with E-state index in [-0.39, 0.29) is 18.4 Å². The Morgan fingerprint density at radius 1 is 1.28 bits per heavy atom. The average molecular weight is 397 g/mol. The van der Waals surface area contributed by atoms with Crippen LogP contribution in [0.3, 0.4) is 0 Å². The number of piperidine rings is 1. The second-order valence-electron chi connectivity index (χ2n) is 7.11. The van der Waals surface area contributed by atoms with Crippen molar-refractivity contribution in [1.29, 1.82) is 0 Å². The summed E-state index contributed by atoms with van der Waals surface area (Å²) in [5.41, 5.74) is 0.880. The molecule has 8 nitrogen and oxygen atoms in total. The maximum atomic E-state index is 12.8. The highest BCUT2D eigenvalue weighted by Crippen LogP contribution is 2.29. The first-order chi connectivity index (χ1) is 14.1. The number of fused-ring (bicyclic) bond motifs is 1. The molecule has 0 atom stereocenters. The van der Waals surface area contributed by atoms with Crippen molar-refractivity contribution in [2.75, 3.05) is 38.7 Å². The fourth-order valence-electron chi connectivity index (χ4n) is 3.52. The molecule has 152 valence electrons. The number of methoxy groups -OCH3 is 1. The van der Waals surface area contributed by atoms with E-state index in [9.17, 15) is 9.59 Å². The average Bonchev–Trinajstić information content (AvgIpc) is 2.77. The Hall–Kier alpha value is -3.29. The van der Waals surface area contributed by atoms with E-state index in [1.165, 1.54) is 6.20 Å². The molecule has 2 aromatic rings. The summed E-state index contributed by atoms with van der Waals surface area (Å²) < 4.78 is 16.5. The summed E-state index contributed by atoms with van der Waals surface area (Å²) in [7, 11) is 1.62. The van der Waals surface area contributed by atoms with E-state index >= 15 is 0 Å². The lowest BCUT2D eigenvalue weighted by Gasteiger charge is -2.32. The van der Waals surface area contributed by atoms with Crippen molar-refractivity contribution in [3.05, 3.63) is 42.1 Å². The predicted molar refractivity (Wildman–Crippen MR) is 105 cm³/mol. The number of likely N-dealkylation sites (tertiary alicyclic amines) is 1. The van der Waals surface area contributed by atoms with Crippen molar-refractivity contribution in [2.24, 2.45) is 5.92 Å². The van der Waals surface area contributed by atoms with Gasteiger partial charge < -0.3 is 24.4 Å². The van der Waals surface area contributed by atoms with Crippen LogP contribution in [0.15, 0.2) is 36.5 Å². The van der Waals surface area contributed by atoms with Gasteiger partial charge in [0.15, 0.2) is 18.1 Å². The molecule has 1 aromatic heterocycles. The number of nitrogens with zero attached hydrogens (tertiary/aromatic N) is 2. The van der Waals surface area contributed by atoms with Crippen LogP contribution in [0.4, 0.5) is 5.69 Å². The number of aromatic nitrogens is 1. The van der Waals surface area contributed by atoms with Gasteiger partial charge in [-0.25, -0.2) is 4.98 Å². The Kier molecular flexibility index (Phi) is 5.50. The molecule has 3 heterocycles. The molecular formula is C21H23N3O5. The molecular weight excluding hydrogens is 374 g/mol. The normalized spacial score (nSPS) is 16.4. The van der Waals surface area contributed by atoms with Crippen LogP contribution in [0, 0.1) is 5.92 Å². The summed E-state index contributed by atoms with van der Waals surface area (Å²) in [6.45, 7) is 1.83. The second-order valence-corrected chi connectivity index (χ2v) is 7.11. The lowest BCUT2D eigenvalue weighted by molar-refractivity contribution is -0.118. The van der Waals surface area contributed by atoms with Gasteiger partial charge in [0.2, 0.25) is 5.88 Å². The highest BCUT2D eigenvalue weighted by molar-refractivity contribution is 5.99. The van der Waals surface area contributed by atoms with E-state index in [1.807, 2.05) is 29.2 Å². The summed E-state index contributed by atoms with van der Waals surface area (Å²) in [6.07, 6.45) is 3.22. The van der Waals surface area contributed by atoms with Gasteiger partial charge in [-0.2, -0.15) is 0 Å². The van der Waals surface area contributed by atoms with Crippen LogP contribution in [0.2, 0.25) is 0 Å². The zero-order valence-corrected chi connectivity index (χ0v) is 16.2. The van der Waals surface area contributed by atoms with E-state index in [1.54, 1.807) is 13.2 Å². The molecule has 0 unspecified atom stereocenters.